The van der Waals surface area contributed by atoms with Gasteiger partial charge in [-0.25, -0.2) is 4.79 Å². The predicted molar refractivity (Wildman–Crippen MR) is 62.5 cm³/mol. The minimum atomic E-state index is -1.14. The summed E-state index contributed by atoms with van der Waals surface area (Å²) in [5, 5.41) is 9.02. The summed E-state index contributed by atoms with van der Waals surface area (Å²) in [6.45, 7) is 1.04. The van der Waals surface area contributed by atoms with Gasteiger partial charge in [0, 0.05) is 26.4 Å². The second-order valence-corrected chi connectivity index (χ2v) is 4.10. The fourth-order valence-electron chi connectivity index (χ4n) is 2.00. The van der Waals surface area contributed by atoms with E-state index in [1.807, 2.05) is 0 Å². The highest BCUT2D eigenvalue weighted by Crippen LogP contribution is 2.16. The number of likely N-dealkylation sites (tertiary alicyclic amines) is 1. The van der Waals surface area contributed by atoms with Crippen molar-refractivity contribution in [2.24, 2.45) is 0 Å². The van der Waals surface area contributed by atoms with Crippen LogP contribution in [0.15, 0.2) is 18.3 Å². The van der Waals surface area contributed by atoms with Gasteiger partial charge in [-0.2, -0.15) is 0 Å². The maximum absolute atomic E-state index is 12.2. The first-order valence-electron chi connectivity index (χ1n) is 5.64. The number of carboxylic acids is 1. The van der Waals surface area contributed by atoms with Gasteiger partial charge in [-0.05, 0) is 18.6 Å². The number of pyridine rings is 1. The average molecular weight is 250 g/mol. The molecule has 0 aliphatic carbocycles. The Morgan fingerprint density at radius 3 is 2.94 bits per heavy atom. The van der Waals surface area contributed by atoms with E-state index in [4.69, 9.17) is 9.84 Å². The standard InChI is InChI=1S/C12H14N2O4/c1-18-8-4-6-14(7-8)11(15)10-9(12(16)17)3-2-5-13-10/h2-3,5,8H,4,6-7H2,1H3,(H,16,17). The van der Waals surface area contributed by atoms with Crippen molar-refractivity contribution in [3.63, 3.8) is 0 Å². The third-order valence-corrected chi connectivity index (χ3v) is 3.01. The molecule has 0 saturated carbocycles. The second-order valence-electron chi connectivity index (χ2n) is 4.10. The molecule has 1 fully saturated rings. The molecule has 1 amide bonds. The van der Waals surface area contributed by atoms with Crippen LogP contribution >= 0.6 is 0 Å². The van der Waals surface area contributed by atoms with E-state index in [1.54, 1.807) is 12.0 Å². The third-order valence-electron chi connectivity index (χ3n) is 3.01. The molecule has 0 bridgehead atoms. The number of aromatic nitrogens is 1. The number of ether oxygens (including phenoxy) is 1. The number of carbonyl (C=O) groups excluding carboxylic acids is 1. The van der Waals surface area contributed by atoms with E-state index in [1.165, 1.54) is 18.3 Å². The molecule has 6 heteroatoms. The zero-order valence-corrected chi connectivity index (χ0v) is 10.00. The molecule has 6 nitrogen and oxygen atoms in total. The maximum Gasteiger partial charge on any atom is 0.338 e. The molecule has 18 heavy (non-hydrogen) atoms. The van der Waals surface area contributed by atoms with Crippen molar-refractivity contribution in [1.82, 2.24) is 9.88 Å². The highest BCUT2D eigenvalue weighted by atomic mass is 16.5. The van der Waals surface area contributed by atoms with Crippen LogP contribution in [-0.4, -0.2) is 53.2 Å². The van der Waals surface area contributed by atoms with Crippen molar-refractivity contribution >= 4 is 11.9 Å². The van der Waals surface area contributed by atoms with Crippen molar-refractivity contribution < 1.29 is 19.4 Å². The molecule has 1 N–H and O–H groups in total. The molecule has 96 valence electrons. The van der Waals surface area contributed by atoms with Crippen molar-refractivity contribution in [3.05, 3.63) is 29.6 Å². The van der Waals surface area contributed by atoms with Gasteiger partial charge in [0.25, 0.3) is 5.91 Å². The summed E-state index contributed by atoms with van der Waals surface area (Å²) in [5.74, 6) is -1.50. The number of aromatic carboxylic acids is 1. The lowest BCUT2D eigenvalue weighted by Gasteiger charge is -2.16. The highest BCUT2D eigenvalue weighted by Gasteiger charge is 2.29. The number of nitrogens with zero attached hydrogens (tertiary/aromatic N) is 2. The number of hydrogen-bond donors (Lipinski definition) is 1. The summed E-state index contributed by atoms with van der Waals surface area (Å²) < 4.78 is 5.17. The van der Waals surface area contributed by atoms with Gasteiger partial charge in [0.05, 0.1) is 11.7 Å². The first-order valence-corrected chi connectivity index (χ1v) is 5.64. The van der Waals surface area contributed by atoms with Crippen LogP contribution in [0, 0.1) is 0 Å². The fourth-order valence-corrected chi connectivity index (χ4v) is 2.00. The van der Waals surface area contributed by atoms with Crippen LogP contribution in [0.3, 0.4) is 0 Å². The summed E-state index contributed by atoms with van der Waals surface area (Å²) in [6, 6.07) is 2.88. The van der Waals surface area contributed by atoms with E-state index >= 15 is 0 Å². The zero-order chi connectivity index (χ0) is 13.1. The molecule has 2 heterocycles. The highest BCUT2D eigenvalue weighted by molar-refractivity contribution is 6.03. The molecule has 1 aliphatic heterocycles. The maximum atomic E-state index is 12.2. The van der Waals surface area contributed by atoms with Crippen LogP contribution in [0.4, 0.5) is 0 Å². The summed E-state index contributed by atoms with van der Waals surface area (Å²) in [6.07, 6.45) is 2.20. The van der Waals surface area contributed by atoms with Crippen LogP contribution in [0.25, 0.3) is 0 Å². The number of methoxy groups -OCH3 is 1. The smallest absolute Gasteiger partial charge is 0.338 e. The molecule has 2 rings (SSSR count). The Morgan fingerprint density at radius 1 is 1.56 bits per heavy atom. The van der Waals surface area contributed by atoms with E-state index in [2.05, 4.69) is 4.98 Å². The van der Waals surface area contributed by atoms with Crippen LogP contribution in [0.2, 0.25) is 0 Å². The first kappa shape index (κ1) is 12.5. The van der Waals surface area contributed by atoms with Crippen LogP contribution in [0.1, 0.15) is 27.3 Å². The molecule has 1 atom stereocenters. The van der Waals surface area contributed by atoms with Crippen LogP contribution in [0.5, 0.6) is 0 Å². The number of rotatable bonds is 3. The summed E-state index contributed by atoms with van der Waals surface area (Å²) >= 11 is 0. The van der Waals surface area contributed by atoms with E-state index in [-0.39, 0.29) is 23.3 Å². The molecule has 1 aliphatic rings. The Kier molecular flexibility index (Phi) is 3.57. The number of carbonyl (C=O) groups is 2. The molecule has 0 aromatic carbocycles. The average Bonchev–Trinajstić information content (AvgIpc) is 2.86. The lowest BCUT2D eigenvalue weighted by molar-refractivity contribution is 0.0666. The largest absolute Gasteiger partial charge is 0.478 e. The summed E-state index contributed by atoms with van der Waals surface area (Å²) in [7, 11) is 1.60. The molecule has 1 aromatic heterocycles. The fraction of sp³-hybridized carbons (Fsp3) is 0.417. The number of carboxylic acid groups (broad SMARTS) is 1. The quantitative estimate of drug-likeness (QED) is 0.851. The zero-order valence-electron chi connectivity index (χ0n) is 10.00. The van der Waals surface area contributed by atoms with E-state index < -0.39 is 5.97 Å². The van der Waals surface area contributed by atoms with Crippen LogP contribution < -0.4 is 0 Å². The summed E-state index contributed by atoms with van der Waals surface area (Å²) in [4.78, 5) is 28.7. The molecule has 0 radical (unpaired) electrons. The van der Waals surface area contributed by atoms with Crippen molar-refractivity contribution in [2.45, 2.75) is 12.5 Å². The second kappa shape index (κ2) is 5.14. The lowest BCUT2D eigenvalue weighted by atomic mass is 10.2. The molecular weight excluding hydrogens is 236 g/mol. The van der Waals surface area contributed by atoms with E-state index in [0.717, 1.165) is 6.42 Å². The van der Waals surface area contributed by atoms with E-state index in [0.29, 0.717) is 13.1 Å². The molecule has 1 saturated heterocycles. The SMILES string of the molecule is COC1CCN(C(=O)c2ncccc2C(=O)O)C1. The molecular formula is C12H14N2O4. The van der Waals surface area contributed by atoms with Gasteiger partial charge in [-0.3, -0.25) is 9.78 Å². The van der Waals surface area contributed by atoms with Gasteiger partial charge >= 0.3 is 5.97 Å². The Bertz CT molecular complexity index is 475. The minimum Gasteiger partial charge on any atom is -0.478 e. The predicted octanol–water partition coefficient (Wildman–Crippen LogP) is 0.641. The van der Waals surface area contributed by atoms with Gasteiger partial charge in [-0.1, -0.05) is 0 Å². The Hall–Kier alpha value is -1.95. The van der Waals surface area contributed by atoms with Gasteiger partial charge in [0.1, 0.15) is 5.69 Å². The normalized spacial score (nSPS) is 18.9. The van der Waals surface area contributed by atoms with Crippen molar-refractivity contribution in [2.75, 3.05) is 20.2 Å². The molecule has 0 spiro atoms. The van der Waals surface area contributed by atoms with Crippen molar-refractivity contribution in [3.8, 4) is 0 Å². The topological polar surface area (TPSA) is 79.7 Å². The number of hydrogen-bond acceptors (Lipinski definition) is 4. The number of amides is 1. The molecule has 1 unspecified atom stereocenters. The van der Waals surface area contributed by atoms with Crippen LogP contribution in [-0.2, 0) is 4.74 Å². The Balaban J connectivity index is 2.22. The Labute approximate surface area is 104 Å². The monoisotopic (exact) mass is 250 g/mol. The lowest BCUT2D eigenvalue weighted by Crippen LogP contribution is -2.31. The van der Waals surface area contributed by atoms with E-state index in [9.17, 15) is 9.59 Å². The van der Waals surface area contributed by atoms with Gasteiger partial charge in [0.15, 0.2) is 0 Å². The molecule has 1 aromatic rings. The first-order chi connectivity index (χ1) is 8.63. The Morgan fingerprint density at radius 2 is 2.33 bits per heavy atom. The van der Waals surface area contributed by atoms with Gasteiger partial charge in [-0.15, -0.1) is 0 Å². The summed E-state index contributed by atoms with van der Waals surface area (Å²) in [5.41, 5.74) is -0.0786. The minimum absolute atomic E-state index is 0.0123. The van der Waals surface area contributed by atoms with Gasteiger partial charge < -0.3 is 14.7 Å². The third kappa shape index (κ3) is 2.33. The van der Waals surface area contributed by atoms with Gasteiger partial charge in [0.2, 0.25) is 0 Å². The van der Waals surface area contributed by atoms with Crippen molar-refractivity contribution in [1.29, 1.82) is 0 Å².